The van der Waals surface area contributed by atoms with Crippen molar-refractivity contribution in [2.75, 3.05) is 6.54 Å². The Labute approximate surface area is 127 Å². The first-order valence-electron chi connectivity index (χ1n) is 6.31. The van der Waals surface area contributed by atoms with Crippen molar-refractivity contribution in [3.63, 3.8) is 0 Å². The third-order valence-corrected chi connectivity index (χ3v) is 4.22. The molecule has 1 atom stereocenters. The summed E-state index contributed by atoms with van der Waals surface area (Å²) in [5.74, 6) is 0. The van der Waals surface area contributed by atoms with E-state index in [4.69, 9.17) is 11.6 Å². The van der Waals surface area contributed by atoms with E-state index in [0.717, 1.165) is 33.6 Å². The Morgan fingerprint density at radius 2 is 2.16 bits per heavy atom. The molecule has 0 saturated heterocycles. The van der Waals surface area contributed by atoms with E-state index < -0.39 is 0 Å². The molecule has 100 valence electrons. The molecule has 1 unspecified atom stereocenters. The van der Waals surface area contributed by atoms with Gasteiger partial charge >= 0.3 is 0 Å². The molecule has 0 bridgehead atoms. The topological polar surface area (TPSA) is 24.9 Å². The average molecular weight is 340 g/mol. The van der Waals surface area contributed by atoms with Crippen LogP contribution in [0.5, 0.6) is 0 Å². The molecule has 4 heteroatoms. The molecule has 1 aromatic carbocycles. The van der Waals surface area contributed by atoms with Crippen LogP contribution in [0.25, 0.3) is 0 Å². The molecular weight excluding hydrogens is 324 g/mol. The van der Waals surface area contributed by atoms with Crippen LogP contribution in [0.15, 0.2) is 47.2 Å². The lowest BCUT2D eigenvalue weighted by atomic mass is 10.00. The summed E-state index contributed by atoms with van der Waals surface area (Å²) in [7, 11) is 0. The van der Waals surface area contributed by atoms with Crippen molar-refractivity contribution in [3.05, 3.63) is 63.3 Å². The van der Waals surface area contributed by atoms with Gasteiger partial charge in [-0.15, -0.1) is 0 Å². The van der Waals surface area contributed by atoms with E-state index in [1.807, 2.05) is 30.5 Å². The van der Waals surface area contributed by atoms with E-state index in [1.54, 1.807) is 6.20 Å². The molecule has 0 saturated carbocycles. The first-order valence-corrected chi connectivity index (χ1v) is 7.48. The van der Waals surface area contributed by atoms with Gasteiger partial charge in [-0.1, -0.05) is 36.7 Å². The van der Waals surface area contributed by atoms with Gasteiger partial charge in [0.05, 0.1) is 11.1 Å². The molecule has 2 aromatic rings. The number of nitrogens with zero attached hydrogens (tertiary/aromatic N) is 1. The Hall–Kier alpha value is -0.900. The summed E-state index contributed by atoms with van der Waals surface area (Å²) in [5, 5.41) is 4.27. The van der Waals surface area contributed by atoms with Gasteiger partial charge in [0, 0.05) is 16.9 Å². The van der Waals surface area contributed by atoms with Crippen molar-refractivity contribution in [2.45, 2.75) is 19.4 Å². The first-order chi connectivity index (χ1) is 9.24. The van der Waals surface area contributed by atoms with Crippen LogP contribution in [0.4, 0.5) is 0 Å². The van der Waals surface area contributed by atoms with E-state index >= 15 is 0 Å². The molecule has 1 heterocycles. The van der Waals surface area contributed by atoms with E-state index in [-0.39, 0.29) is 6.04 Å². The summed E-state index contributed by atoms with van der Waals surface area (Å²) in [4.78, 5) is 4.20. The summed E-state index contributed by atoms with van der Waals surface area (Å²) in [6.07, 6.45) is 4.73. The lowest BCUT2D eigenvalue weighted by molar-refractivity contribution is 0.597. The van der Waals surface area contributed by atoms with Gasteiger partial charge in [0.2, 0.25) is 0 Å². The average Bonchev–Trinajstić information content (AvgIpc) is 2.45. The molecule has 19 heavy (non-hydrogen) atoms. The number of hydrogen-bond donors (Lipinski definition) is 1. The largest absolute Gasteiger partial charge is 0.306 e. The van der Waals surface area contributed by atoms with Crippen LogP contribution in [0.1, 0.15) is 30.5 Å². The number of nitrogens with one attached hydrogen (secondary N) is 1. The molecule has 0 radical (unpaired) electrons. The maximum absolute atomic E-state index is 6.41. The minimum Gasteiger partial charge on any atom is -0.306 e. The highest BCUT2D eigenvalue weighted by Gasteiger charge is 2.17. The Morgan fingerprint density at radius 1 is 1.32 bits per heavy atom. The van der Waals surface area contributed by atoms with E-state index in [9.17, 15) is 0 Å². The summed E-state index contributed by atoms with van der Waals surface area (Å²) in [5.41, 5.74) is 2.19. The number of benzene rings is 1. The van der Waals surface area contributed by atoms with Crippen molar-refractivity contribution < 1.29 is 0 Å². The normalized spacial score (nSPS) is 12.4. The highest BCUT2D eigenvalue weighted by Crippen LogP contribution is 2.33. The predicted molar refractivity (Wildman–Crippen MR) is 83.5 cm³/mol. The van der Waals surface area contributed by atoms with Gasteiger partial charge in [-0.05, 0) is 52.2 Å². The van der Waals surface area contributed by atoms with Crippen LogP contribution in [0.2, 0.25) is 5.02 Å². The van der Waals surface area contributed by atoms with Crippen LogP contribution in [-0.2, 0) is 0 Å². The summed E-state index contributed by atoms with van der Waals surface area (Å²) in [6, 6.07) is 10.1. The molecule has 0 aliphatic carbocycles. The molecule has 0 fully saturated rings. The second-order valence-corrected chi connectivity index (χ2v) is 5.55. The zero-order valence-corrected chi connectivity index (χ0v) is 13.1. The highest BCUT2D eigenvalue weighted by molar-refractivity contribution is 9.10. The van der Waals surface area contributed by atoms with Gasteiger partial charge in [0.15, 0.2) is 0 Å². The number of hydrogen-bond acceptors (Lipinski definition) is 2. The van der Waals surface area contributed by atoms with Crippen LogP contribution in [-0.4, -0.2) is 11.5 Å². The fraction of sp³-hybridized carbons (Fsp3) is 0.267. The monoisotopic (exact) mass is 338 g/mol. The van der Waals surface area contributed by atoms with Crippen molar-refractivity contribution in [1.29, 1.82) is 0 Å². The van der Waals surface area contributed by atoms with Gasteiger partial charge in [-0.3, -0.25) is 4.98 Å². The maximum atomic E-state index is 6.41. The Bertz CT molecular complexity index is 531. The smallest absolute Gasteiger partial charge is 0.0607 e. The van der Waals surface area contributed by atoms with Gasteiger partial charge in [-0.25, -0.2) is 0 Å². The lowest BCUT2D eigenvalue weighted by Crippen LogP contribution is -2.23. The molecular formula is C15H16BrClN2. The maximum Gasteiger partial charge on any atom is 0.0607 e. The van der Waals surface area contributed by atoms with Crippen molar-refractivity contribution in [2.24, 2.45) is 0 Å². The quantitative estimate of drug-likeness (QED) is 0.862. The molecule has 0 aliphatic heterocycles. The van der Waals surface area contributed by atoms with Crippen LogP contribution in [0.3, 0.4) is 0 Å². The fourth-order valence-corrected chi connectivity index (χ4v) is 2.60. The second-order valence-electron chi connectivity index (χ2n) is 4.32. The SMILES string of the molecule is CCCNC(c1cccnc1)c1cccc(Br)c1Cl. The Kier molecular flexibility index (Phi) is 5.37. The highest BCUT2D eigenvalue weighted by atomic mass is 79.9. The van der Waals surface area contributed by atoms with Gasteiger partial charge < -0.3 is 5.32 Å². The predicted octanol–water partition coefficient (Wildman–Crippen LogP) is 4.59. The van der Waals surface area contributed by atoms with Crippen LogP contribution < -0.4 is 5.32 Å². The molecule has 1 N–H and O–H groups in total. The zero-order valence-electron chi connectivity index (χ0n) is 10.7. The fourth-order valence-electron chi connectivity index (χ4n) is 1.99. The minimum atomic E-state index is 0.0682. The Balaban J connectivity index is 2.40. The number of pyridine rings is 1. The van der Waals surface area contributed by atoms with E-state index in [0.29, 0.717) is 0 Å². The number of rotatable bonds is 5. The summed E-state index contributed by atoms with van der Waals surface area (Å²) < 4.78 is 0.916. The van der Waals surface area contributed by atoms with Gasteiger partial charge in [-0.2, -0.15) is 0 Å². The summed E-state index contributed by atoms with van der Waals surface area (Å²) in [6.45, 7) is 3.08. The molecule has 2 rings (SSSR count). The van der Waals surface area contributed by atoms with Gasteiger partial charge in [0.1, 0.15) is 0 Å². The van der Waals surface area contributed by atoms with Crippen LogP contribution in [0, 0.1) is 0 Å². The second kappa shape index (κ2) is 7.04. The third-order valence-electron chi connectivity index (χ3n) is 2.91. The molecule has 0 amide bonds. The number of aromatic nitrogens is 1. The van der Waals surface area contributed by atoms with Crippen molar-refractivity contribution >= 4 is 27.5 Å². The standard InChI is InChI=1S/C15H16BrClN2/c1-2-8-19-15(11-5-4-9-18-10-11)12-6-3-7-13(16)14(12)17/h3-7,9-10,15,19H,2,8H2,1H3. The summed E-state index contributed by atoms with van der Waals surface area (Å²) >= 11 is 9.89. The molecule has 2 nitrogen and oxygen atoms in total. The zero-order chi connectivity index (χ0) is 13.7. The Morgan fingerprint density at radius 3 is 2.84 bits per heavy atom. The first kappa shape index (κ1) is 14.5. The molecule has 0 spiro atoms. The number of halogens is 2. The van der Waals surface area contributed by atoms with E-state index in [2.05, 4.69) is 39.2 Å². The van der Waals surface area contributed by atoms with Crippen molar-refractivity contribution in [3.8, 4) is 0 Å². The van der Waals surface area contributed by atoms with Crippen LogP contribution >= 0.6 is 27.5 Å². The van der Waals surface area contributed by atoms with E-state index in [1.165, 1.54) is 0 Å². The lowest BCUT2D eigenvalue weighted by Gasteiger charge is -2.20. The van der Waals surface area contributed by atoms with Gasteiger partial charge in [0.25, 0.3) is 0 Å². The molecule has 1 aromatic heterocycles. The molecule has 0 aliphatic rings. The third kappa shape index (κ3) is 3.56. The minimum absolute atomic E-state index is 0.0682. The van der Waals surface area contributed by atoms with Crippen molar-refractivity contribution in [1.82, 2.24) is 10.3 Å².